The molecule has 1 rings (SSSR count). The van der Waals surface area contributed by atoms with Crippen LogP contribution in [0.5, 0.6) is 5.75 Å². The van der Waals surface area contributed by atoms with Crippen LogP contribution in [0, 0.1) is 0 Å². The first kappa shape index (κ1) is 10.4. The third-order valence-electron chi connectivity index (χ3n) is 1.98. The summed E-state index contributed by atoms with van der Waals surface area (Å²) < 4.78 is 5.14. The van der Waals surface area contributed by atoms with Crippen LogP contribution in [-0.4, -0.2) is 13.0 Å². The SMILES string of the molecule is COc1cccc(CCCCCl)c1. The van der Waals surface area contributed by atoms with E-state index in [2.05, 4.69) is 12.1 Å². The van der Waals surface area contributed by atoms with Gasteiger partial charge in [-0.15, -0.1) is 11.6 Å². The lowest BCUT2D eigenvalue weighted by atomic mass is 10.1. The number of aryl methyl sites for hydroxylation is 1. The van der Waals surface area contributed by atoms with Crippen LogP contribution >= 0.6 is 11.6 Å². The fourth-order valence-electron chi connectivity index (χ4n) is 1.25. The summed E-state index contributed by atoms with van der Waals surface area (Å²) in [6.07, 6.45) is 3.32. The quantitative estimate of drug-likeness (QED) is 0.521. The molecule has 0 saturated heterocycles. The van der Waals surface area contributed by atoms with Gasteiger partial charge in [0.05, 0.1) is 7.11 Å². The number of hydrogen-bond acceptors (Lipinski definition) is 1. The molecule has 0 amide bonds. The van der Waals surface area contributed by atoms with E-state index in [1.165, 1.54) is 5.56 Å². The van der Waals surface area contributed by atoms with Gasteiger partial charge >= 0.3 is 0 Å². The van der Waals surface area contributed by atoms with E-state index in [0.29, 0.717) is 0 Å². The lowest BCUT2D eigenvalue weighted by molar-refractivity contribution is 0.414. The predicted molar refractivity (Wildman–Crippen MR) is 56.7 cm³/mol. The van der Waals surface area contributed by atoms with Crippen LogP contribution in [0.1, 0.15) is 18.4 Å². The van der Waals surface area contributed by atoms with Crippen molar-refractivity contribution in [1.29, 1.82) is 0 Å². The first-order chi connectivity index (χ1) is 6.36. The van der Waals surface area contributed by atoms with Crippen LogP contribution in [0.3, 0.4) is 0 Å². The predicted octanol–water partition coefficient (Wildman–Crippen LogP) is 3.26. The van der Waals surface area contributed by atoms with E-state index in [9.17, 15) is 0 Å². The summed E-state index contributed by atoms with van der Waals surface area (Å²) >= 11 is 5.60. The molecule has 0 bridgehead atoms. The summed E-state index contributed by atoms with van der Waals surface area (Å²) in [5.41, 5.74) is 1.32. The van der Waals surface area contributed by atoms with Gasteiger partial charge in [-0.3, -0.25) is 0 Å². The first-order valence-electron chi connectivity index (χ1n) is 4.55. The van der Waals surface area contributed by atoms with Crippen LogP contribution in [-0.2, 0) is 6.42 Å². The second-order valence-electron chi connectivity index (χ2n) is 3.00. The van der Waals surface area contributed by atoms with Crippen LogP contribution in [0.2, 0.25) is 0 Å². The fraction of sp³-hybridized carbons (Fsp3) is 0.455. The maximum absolute atomic E-state index is 5.60. The van der Waals surface area contributed by atoms with Gasteiger partial charge in [0.15, 0.2) is 0 Å². The molecule has 13 heavy (non-hydrogen) atoms. The summed E-state index contributed by atoms with van der Waals surface area (Å²) in [6, 6.07) is 8.19. The Balaban J connectivity index is 2.46. The number of ether oxygens (including phenoxy) is 1. The Kier molecular flexibility index (Phi) is 4.69. The van der Waals surface area contributed by atoms with Gasteiger partial charge in [-0.2, -0.15) is 0 Å². The number of rotatable bonds is 5. The van der Waals surface area contributed by atoms with E-state index < -0.39 is 0 Å². The molecule has 0 N–H and O–H groups in total. The van der Waals surface area contributed by atoms with Gasteiger partial charge in [-0.25, -0.2) is 0 Å². The van der Waals surface area contributed by atoms with E-state index in [4.69, 9.17) is 16.3 Å². The zero-order chi connectivity index (χ0) is 9.52. The molecule has 0 heterocycles. The molecule has 2 heteroatoms. The Morgan fingerprint density at radius 2 is 2.15 bits per heavy atom. The van der Waals surface area contributed by atoms with Gasteiger partial charge in [0.2, 0.25) is 0 Å². The lowest BCUT2D eigenvalue weighted by Crippen LogP contribution is -1.88. The van der Waals surface area contributed by atoms with Crippen LogP contribution in [0.25, 0.3) is 0 Å². The molecule has 0 saturated carbocycles. The van der Waals surface area contributed by atoms with Crippen LogP contribution < -0.4 is 4.74 Å². The van der Waals surface area contributed by atoms with Crippen molar-refractivity contribution in [2.75, 3.05) is 13.0 Å². The molecule has 0 fully saturated rings. The second-order valence-corrected chi connectivity index (χ2v) is 3.38. The maximum Gasteiger partial charge on any atom is 0.119 e. The van der Waals surface area contributed by atoms with Crippen molar-refractivity contribution in [3.8, 4) is 5.75 Å². The van der Waals surface area contributed by atoms with Gasteiger partial charge in [0.25, 0.3) is 0 Å². The average Bonchev–Trinajstić information content (AvgIpc) is 2.19. The highest BCUT2D eigenvalue weighted by Gasteiger charge is 1.95. The second kappa shape index (κ2) is 5.87. The summed E-state index contributed by atoms with van der Waals surface area (Å²) in [5.74, 6) is 1.69. The summed E-state index contributed by atoms with van der Waals surface area (Å²) in [6.45, 7) is 0. The average molecular weight is 199 g/mol. The molecule has 0 aliphatic rings. The number of benzene rings is 1. The molecule has 0 aromatic heterocycles. The number of halogens is 1. The molecule has 1 nitrogen and oxygen atoms in total. The Morgan fingerprint density at radius 1 is 1.31 bits per heavy atom. The maximum atomic E-state index is 5.60. The van der Waals surface area contributed by atoms with E-state index in [0.717, 1.165) is 30.9 Å². The highest BCUT2D eigenvalue weighted by Crippen LogP contribution is 2.14. The number of alkyl halides is 1. The summed E-state index contributed by atoms with van der Waals surface area (Å²) in [5, 5.41) is 0. The van der Waals surface area contributed by atoms with Crippen molar-refractivity contribution in [1.82, 2.24) is 0 Å². The molecule has 0 atom stereocenters. The smallest absolute Gasteiger partial charge is 0.119 e. The van der Waals surface area contributed by atoms with Crippen molar-refractivity contribution in [2.45, 2.75) is 19.3 Å². The van der Waals surface area contributed by atoms with Gasteiger partial charge < -0.3 is 4.74 Å². The van der Waals surface area contributed by atoms with Gasteiger partial charge in [-0.1, -0.05) is 12.1 Å². The van der Waals surface area contributed by atoms with Crippen molar-refractivity contribution in [2.24, 2.45) is 0 Å². The molecule has 0 radical (unpaired) electrons. The molecular formula is C11H15ClO. The van der Waals surface area contributed by atoms with Crippen molar-refractivity contribution in [3.63, 3.8) is 0 Å². The molecule has 1 aromatic carbocycles. The number of hydrogen-bond donors (Lipinski definition) is 0. The minimum atomic E-state index is 0.754. The molecule has 0 aliphatic heterocycles. The van der Waals surface area contributed by atoms with E-state index >= 15 is 0 Å². The largest absolute Gasteiger partial charge is 0.497 e. The Morgan fingerprint density at radius 3 is 2.85 bits per heavy atom. The monoisotopic (exact) mass is 198 g/mol. The molecule has 0 spiro atoms. The molecule has 0 aliphatic carbocycles. The van der Waals surface area contributed by atoms with E-state index in [1.807, 2.05) is 12.1 Å². The third-order valence-corrected chi connectivity index (χ3v) is 2.25. The topological polar surface area (TPSA) is 9.23 Å². The lowest BCUT2D eigenvalue weighted by Gasteiger charge is -2.03. The summed E-state index contributed by atoms with van der Waals surface area (Å²) in [7, 11) is 1.69. The minimum Gasteiger partial charge on any atom is -0.497 e. The number of methoxy groups -OCH3 is 1. The van der Waals surface area contributed by atoms with Crippen LogP contribution in [0.15, 0.2) is 24.3 Å². The zero-order valence-electron chi connectivity index (χ0n) is 7.92. The molecule has 0 unspecified atom stereocenters. The molecule has 1 aromatic rings. The van der Waals surface area contributed by atoms with Gasteiger partial charge in [-0.05, 0) is 37.0 Å². The Bertz CT molecular complexity index is 248. The zero-order valence-corrected chi connectivity index (χ0v) is 8.68. The fourth-order valence-corrected chi connectivity index (χ4v) is 1.44. The van der Waals surface area contributed by atoms with Crippen molar-refractivity contribution < 1.29 is 4.74 Å². The Labute approximate surface area is 84.7 Å². The normalized spacial score (nSPS) is 10.0. The van der Waals surface area contributed by atoms with Crippen molar-refractivity contribution >= 4 is 11.6 Å². The minimum absolute atomic E-state index is 0.754. The van der Waals surface area contributed by atoms with E-state index in [-0.39, 0.29) is 0 Å². The summed E-state index contributed by atoms with van der Waals surface area (Å²) in [4.78, 5) is 0. The van der Waals surface area contributed by atoms with Gasteiger partial charge in [0, 0.05) is 5.88 Å². The molecule has 72 valence electrons. The highest BCUT2D eigenvalue weighted by atomic mass is 35.5. The number of unbranched alkanes of at least 4 members (excludes halogenated alkanes) is 1. The van der Waals surface area contributed by atoms with E-state index in [1.54, 1.807) is 7.11 Å². The highest BCUT2D eigenvalue weighted by molar-refractivity contribution is 6.17. The van der Waals surface area contributed by atoms with Crippen molar-refractivity contribution in [3.05, 3.63) is 29.8 Å². The third kappa shape index (κ3) is 3.69. The van der Waals surface area contributed by atoms with Crippen LogP contribution in [0.4, 0.5) is 0 Å². The van der Waals surface area contributed by atoms with Gasteiger partial charge in [0.1, 0.15) is 5.75 Å². The Hall–Kier alpha value is -0.690. The first-order valence-corrected chi connectivity index (χ1v) is 5.09. The standard InChI is InChI=1S/C11H15ClO/c1-13-11-7-4-6-10(9-11)5-2-3-8-12/h4,6-7,9H,2-3,5,8H2,1H3. The molecular weight excluding hydrogens is 184 g/mol.